The Kier molecular flexibility index (Phi) is 2.67. The number of benzene rings is 1. The lowest BCUT2D eigenvalue weighted by molar-refractivity contribution is 0.588. The van der Waals surface area contributed by atoms with Crippen LogP contribution < -0.4 is 5.73 Å². The van der Waals surface area contributed by atoms with Crippen LogP contribution in [0.4, 0.5) is 5.82 Å². The van der Waals surface area contributed by atoms with Crippen LogP contribution in [0.3, 0.4) is 0 Å². The number of hydrogen-bond acceptors (Lipinski definition) is 2. The van der Waals surface area contributed by atoms with E-state index in [0.29, 0.717) is 5.82 Å². The molecule has 2 aromatic rings. The monoisotopic (exact) mass is 301 g/mol. The molecule has 0 saturated heterocycles. The fourth-order valence-corrected chi connectivity index (χ4v) is 3.65. The lowest BCUT2D eigenvalue weighted by Gasteiger charge is -2.22. The predicted molar refractivity (Wildman–Crippen MR) is 71.9 cm³/mol. The van der Waals surface area contributed by atoms with Gasteiger partial charge in [-0.25, -0.2) is 0 Å². The van der Waals surface area contributed by atoms with Crippen LogP contribution in [0, 0.1) is 0 Å². The van der Waals surface area contributed by atoms with E-state index in [9.17, 15) is 0 Å². The smallest absolute Gasteiger partial charge is 0.154 e. The first kappa shape index (κ1) is 11.7. The molecule has 0 amide bonds. The molecule has 0 aliphatic heterocycles. The number of nitrogens with two attached hydrogens (primary N) is 1. The maximum atomic E-state index is 6.28. The van der Waals surface area contributed by atoms with E-state index >= 15 is 0 Å². The van der Waals surface area contributed by atoms with E-state index in [-0.39, 0.29) is 5.41 Å². The molecular weight excluding hydrogens is 289 g/mol. The molecule has 0 fully saturated rings. The van der Waals surface area contributed by atoms with Gasteiger partial charge < -0.3 is 5.73 Å². The Labute approximate surface area is 107 Å². The summed E-state index contributed by atoms with van der Waals surface area (Å²) in [6, 6.07) is 1.87. The van der Waals surface area contributed by atoms with Gasteiger partial charge in [0.25, 0.3) is 0 Å². The quantitative estimate of drug-likeness (QED) is 0.776. The van der Waals surface area contributed by atoms with Crippen LogP contribution >= 0.6 is 27.5 Å². The van der Waals surface area contributed by atoms with Crippen molar-refractivity contribution in [1.82, 2.24) is 10.2 Å². The summed E-state index contributed by atoms with van der Waals surface area (Å²) in [6.07, 6.45) is 0. The van der Waals surface area contributed by atoms with Crippen LogP contribution in [0.25, 0.3) is 10.9 Å². The summed E-state index contributed by atoms with van der Waals surface area (Å²) in [7, 11) is 0. The number of nitrogen functional groups attached to an aromatic ring is 1. The van der Waals surface area contributed by atoms with E-state index in [1.807, 2.05) is 6.07 Å². The zero-order valence-corrected chi connectivity index (χ0v) is 11.7. The van der Waals surface area contributed by atoms with Crippen molar-refractivity contribution in [3.8, 4) is 0 Å². The molecule has 1 aromatic carbocycles. The van der Waals surface area contributed by atoms with Crippen molar-refractivity contribution in [1.29, 1.82) is 0 Å². The minimum Gasteiger partial charge on any atom is -0.382 e. The van der Waals surface area contributed by atoms with Crippen molar-refractivity contribution in [2.75, 3.05) is 5.73 Å². The number of aromatic nitrogens is 2. The summed E-state index contributed by atoms with van der Waals surface area (Å²) in [5.41, 5.74) is 7.68. The summed E-state index contributed by atoms with van der Waals surface area (Å²) in [4.78, 5) is 0. The van der Waals surface area contributed by atoms with E-state index in [2.05, 4.69) is 46.9 Å². The fraction of sp³-hybridized carbons (Fsp3) is 0.364. The number of halogens is 2. The lowest BCUT2D eigenvalue weighted by Crippen LogP contribution is -2.13. The highest BCUT2D eigenvalue weighted by molar-refractivity contribution is 9.10. The summed E-state index contributed by atoms with van der Waals surface area (Å²) in [6.45, 7) is 6.34. The van der Waals surface area contributed by atoms with Gasteiger partial charge in [-0.3, -0.25) is 5.10 Å². The number of fused-ring (bicyclic) bond motifs is 1. The first-order valence-electron chi connectivity index (χ1n) is 4.94. The van der Waals surface area contributed by atoms with Gasteiger partial charge in [-0.1, -0.05) is 32.4 Å². The second kappa shape index (κ2) is 3.64. The van der Waals surface area contributed by atoms with Crippen LogP contribution in [-0.2, 0) is 5.41 Å². The molecular formula is C11H13BrClN3. The van der Waals surface area contributed by atoms with Crippen LogP contribution in [0.1, 0.15) is 26.3 Å². The average Bonchev–Trinajstić information content (AvgIpc) is 2.44. The van der Waals surface area contributed by atoms with Crippen LogP contribution in [0.15, 0.2) is 10.5 Å². The van der Waals surface area contributed by atoms with E-state index in [1.165, 1.54) is 0 Å². The van der Waals surface area contributed by atoms with Crippen molar-refractivity contribution >= 4 is 44.3 Å². The summed E-state index contributed by atoms with van der Waals surface area (Å²) < 4.78 is 0.925. The second-order valence-electron chi connectivity index (χ2n) is 4.83. The maximum absolute atomic E-state index is 6.28. The number of nitrogens with zero attached hydrogens (tertiary/aromatic N) is 1. The van der Waals surface area contributed by atoms with Crippen molar-refractivity contribution in [3.63, 3.8) is 0 Å². The Hall–Kier alpha value is -0.740. The Bertz CT molecular complexity index is 554. The third kappa shape index (κ3) is 1.70. The Morgan fingerprint density at radius 1 is 1.44 bits per heavy atom. The highest BCUT2D eigenvalue weighted by Crippen LogP contribution is 2.41. The minimum absolute atomic E-state index is 0.0478. The topological polar surface area (TPSA) is 54.7 Å². The van der Waals surface area contributed by atoms with Crippen molar-refractivity contribution in [2.45, 2.75) is 26.2 Å². The molecule has 0 aliphatic rings. The molecule has 3 N–H and O–H groups in total. The number of hydrogen-bond donors (Lipinski definition) is 2. The third-order valence-electron chi connectivity index (χ3n) is 2.52. The van der Waals surface area contributed by atoms with Gasteiger partial charge in [0.1, 0.15) is 0 Å². The largest absolute Gasteiger partial charge is 0.382 e. The minimum atomic E-state index is -0.0478. The molecule has 0 spiro atoms. The van der Waals surface area contributed by atoms with Gasteiger partial charge in [-0.05, 0) is 33.0 Å². The van der Waals surface area contributed by atoms with Crippen LogP contribution in [0.2, 0.25) is 5.02 Å². The molecule has 2 rings (SSSR count). The molecule has 3 nitrogen and oxygen atoms in total. The van der Waals surface area contributed by atoms with Gasteiger partial charge in [-0.2, -0.15) is 5.10 Å². The van der Waals surface area contributed by atoms with Crippen LogP contribution in [-0.4, -0.2) is 10.2 Å². The SMILES string of the molecule is CC(C)(C)c1c(Cl)cc2[nH]nc(N)c2c1Br. The number of anilines is 1. The van der Waals surface area contributed by atoms with Crippen molar-refractivity contribution in [3.05, 3.63) is 21.1 Å². The Balaban J connectivity index is 2.90. The number of H-pyrrole nitrogens is 1. The van der Waals surface area contributed by atoms with Gasteiger partial charge in [0.05, 0.1) is 10.9 Å². The van der Waals surface area contributed by atoms with Crippen molar-refractivity contribution in [2.24, 2.45) is 0 Å². The molecule has 5 heteroatoms. The first-order valence-corrected chi connectivity index (χ1v) is 6.11. The molecule has 0 aliphatic carbocycles. The highest BCUT2D eigenvalue weighted by Gasteiger charge is 2.24. The van der Waals surface area contributed by atoms with Crippen molar-refractivity contribution < 1.29 is 0 Å². The Morgan fingerprint density at radius 2 is 2.06 bits per heavy atom. The van der Waals surface area contributed by atoms with Gasteiger partial charge in [0.2, 0.25) is 0 Å². The van der Waals surface area contributed by atoms with E-state index < -0.39 is 0 Å². The molecule has 86 valence electrons. The number of rotatable bonds is 0. The lowest BCUT2D eigenvalue weighted by atomic mass is 9.86. The Morgan fingerprint density at radius 3 is 2.62 bits per heavy atom. The molecule has 16 heavy (non-hydrogen) atoms. The molecule has 0 unspecified atom stereocenters. The first-order chi connectivity index (χ1) is 7.32. The summed E-state index contributed by atoms with van der Waals surface area (Å²) in [5, 5.41) is 8.46. The van der Waals surface area contributed by atoms with Gasteiger partial charge in [0, 0.05) is 9.50 Å². The zero-order chi connectivity index (χ0) is 12.1. The molecule has 0 bridgehead atoms. The molecule has 0 saturated carbocycles. The fourth-order valence-electron chi connectivity index (χ4n) is 1.82. The van der Waals surface area contributed by atoms with Gasteiger partial charge in [0.15, 0.2) is 5.82 Å². The summed E-state index contributed by atoms with van der Waals surface area (Å²) >= 11 is 9.86. The normalized spacial score (nSPS) is 12.3. The molecule has 1 aromatic heterocycles. The second-order valence-corrected chi connectivity index (χ2v) is 6.03. The van der Waals surface area contributed by atoms with Crippen LogP contribution in [0.5, 0.6) is 0 Å². The predicted octanol–water partition coefficient (Wildman–Crippen LogP) is 3.86. The molecule has 1 heterocycles. The highest BCUT2D eigenvalue weighted by atomic mass is 79.9. The third-order valence-corrected chi connectivity index (χ3v) is 3.61. The number of nitrogens with one attached hydrogen (secondary N) is 1. The zero-order valence-electron chi connectivity index (χ0n) is 9.36. The van der Waals surface area contributed by atoms with E-state index in [1.54, 1.807) is 0 Å². The van der Waals surface area contributed by atoms with E-state index in [4.69, 9.17) is 17.3 Å². The average molecular weight is 303 g/mol. The van der Waals surface area contributed by atoms with Gasteiger partial charge >= 0.3 is 0 Å². The van der Waals surface area contributed by atoms with Gasteiger partial charge in [-0.15, -0.1) is 0 Å². The molecule has 0 radical (unpaired) electrons. The standard InChI is InChI=1S/C11H13BrClN3/c1-11(2,3)8-5(13)4-6-7(9(8)12)10(14)16-15-6/h4H,1-3H3,(H3,14,15,16). The molecule has 0 atom stereocenters. The maximum Gasteiger partial charge on any atom is 0.154 e. The summed E-state index contributed by atoms with van der Waals surface area (Å²) in [5.74, 6) is 0.490. The van der Waals surface area contributed by atoms with E-state index in [0.717, 1.165) is 26.0 Å². The number of aromatic amines is 1.